The number of benzene rings is 2. The number of ketones is 1. The number of nitrogen functional groups attached to an aromatic ring is 1. The van der Waals surface area contributed by atoms with E-state index in [1.54, 1.807) is 6.07 Å². The zero-order valence-corrected chi connectivity index (χ0v) is 25.2. The molecule has 0 aliphatic carbocycles. The number of fused-ring (bicyclic) bond motifs is 3. The number of alkyl halides is 1. The van der Waals surface area contributed by atoms with Crippen LogP contribution in [-0.2, 0) is 4.79 Å². The molecule has 44 heavy (non-hydrogen) atoms. The lowest BCUT2D eigenvalue weighted by Crippen LogP contribution is -2.43. The van der Waals surface area contributed by atoms with Crippen molar-refractivity contribution in [2.45, 2.75) is 50.2 Å². The fourth-order valence-corrected chi connectivity index (χ4v) is 8.29. The maximum Gasteiger partial charge on any atom is 0.319 e. The summed E-state index contributed by atoms with van der Waals surface area (Å²) < 4.78 is 52.3. The van der Waals surface area contributed by atoms with Crippen molar-refractivity contribution in [3.05, 3.63) is 40.4 Å². The highest BCUT2D eigenvalue weighted by molar-refractivity contribution is 7.23. The quantitative estimate of drug-likeness (QED) is 0.267. The Bertz CT molecular complexity index is 1880. The van der Waals surface area contributed by atoms with Crippen LogP contribution in [0.3, 0.4) is 0 Å². The van der Waals surface area contributed by atoms with E-state index in [4.69, 9.17) is 27.1 Å². The molecule has 0 spiro atoms. The highest BCUT2D eigenvalue weighted by Gasteiger charge is 2.49. The molecule has 0 saturated carbocycles. The summed E-state index contributed by atoms with van der Waals surface area (Å²) in [4.78, 5) is 25.4. The fraction of sp³-hybridized carbons (Fsp3) is 0.419. The Hall–Kier alpha value is -3.66. The normalized spacial score (nSPS) is 22.5. The average Bonchev–Trinajstić information content (AvgIpc) is 3.58. The molecule has 3 fully saturated rings. The van der Waals surface area contributed by atoms with Gasteiger partial charge in [0, 0.05) is 55.2 Å². The van der Waals surface area contributed by atoms with Crippen LogP contribution in [0.25, 0.3) is 32.1 Å². The zero-order valence-electron chi connectivity index (χ0n) is 23.6. The van der Waals surface area contributed by atoms with Crippen LogP contribution >= 0.6 is 22.9 Å². The van der Waals surface area contributed by atoms with Gasteiger partial charge in [0.1, 0.15) is 46.8 Å². The monoisotopic (exact) mass is 640 g/mol. The average molecular weight is 641 g/mol. The summed E-state index contributed by atoms with van der Waals surface area (Å²) in [6.45, 7) is 2.19. The molecule has 3 aliphatic heterocycles. The van der Waals surface area contributed by atoms with Gasteiger partial charge < -0.3 is 15.4 Å². The molecule has 0 unspecified atom stereocenters. The molecule has 2 aromatic heterocycles. The third-order valence-corrected chi connectivity index (χ3v) is 10.4. The van der Waals surface area contributed by atoms with Crippen molar-refractivity contribution in [2.24, 2.45) is 0 Å². The number of nitrogens with zero attached hydrogens (tertiary/aromatic N) is 5. The lowest BCUT2D eigenvalue weighted by Gasteiger charge is -2.31. The second-order valence-electron chi connectivity index (χ2n) is 11.8. The van der Waals surface area contributed by atoms with Gasteiger partial charge in [-0.05, 0) is 43.5 Å². The first-order chi connectivity index (χ1) is 21.2. The van der Waals surface area contributed by atoms with E-state index < -0.39 is 23.3 Å². The Morgan fingerprint density at radius 2 is 2.05 bits per heavy atom. The minimum absolute atomic E-state index is 0.0152. The molecule has 8 nitrogen and oxygen atoms in total. The van der Waals surface area contributed by atoms with E-state index in [-0.39, 0.29) is 60.7 Å². The van der Waals surface area contributed by atoms with Gasteiger partial charge in [-0.2, -0.15) is 15.2 Å². The number of aromatic nitrogens is 2. The van der Waals surface area contributed by atoms with Crippen LogP contribution < -0.4 is 15.4 Å². The molecule has 2 atom stereocenters. The van der Waals surface area contributed by atoms with Crippen LogP contribution in [-0.4, -0.2) is 65.1 Å². The van der Waals surface area contributed by atoms with E-state index in [1.807, 2.05) is 11.0 Å². The van der Waals surface area contributed by atoms with Crippen molar-refractivity contribution < 1.29 is 22.7 Å². The summed E-state index contributed by atoms with van der Waals surface area (Å²) in [6.07, 6.45) is 2.48. The van der Waals surface area contributed by atoms with E-state index in [9.17, 15) is 18.8 Å². The number of ether oxygens (including phenoxy) is 1. The summed E-state index contributed by atoms with van der Waals surface area (Å²) in [6, 6.07) is 6.06. The number of Topliss-reactive ketones (excluding diaryl/α,β-unsaturated/α-hetero) is 1. The van der Waals surface area contributed by atoms with Crippen LogP contribution in [0, 0.1) is 23.0 Å². The van der Waals surface area contributed by atoms with Gasteiger partial charge in [-0.3, -0.25) is 9.69 Å². The van der Waals surface area contributed by atoms with Gasteiger partial charge in [-0.25, -0.2) is 13.2 Å². The summed E-state index contributed by atoms with van der Waals surface area (Å²) >= 11 is 7.68. The number of hydrogen-bond acceptors (Lipinski definition) is 9. The molecule has 2 N–H and O–H groups in total. The summed E-state index contributed by atoms with van der Waals surface area (Å²) in [5.74, 6) is -0.860. The summed E-state index contributed by atoms with van der Waals surface area (Å²) in [5.41, 5.74) is 5.68. The minimum Gasteiger partial charge on any atom is -0.461 e. The van der Waals surface area contributed by atoms with Crippen molar-refractivity contribution >= 4 is 60.5 Å². The van der Waals surface area contributed by atoms with Crippen molar-refractivity contribution in [3.63, 3.8) is 0 Å². The van der Waals surface area contributed by atoms with Crippen molar-refractivity contribution in [1.29, 1.82) is 5.26 Å². The Kier molecular flexibility index (Phi) is 7.30. The number of thiophene rings is 1. The number of carbonyl (C=O) groups is 1. The van der Waals surface area contributed by atoms with Crippen molar-refractivity contribution in [3.8, 4) is 23.2 Å². The molecule has 7 rings (SSSR count). The Morgan fingerprint density at radius 1 is 1.20 bits per heavy atom. The molecule has 0 amide bonds. The molecule has 5 heterocycles. The molecular weight excluding hydrogens is 613 g/mol. The first-order valence-corrected chi connectivity index (χ1v) is 15.8. The minimum atomic E-state index is -0.944. The third-order valence-electron chi connectivity index (χ3n) is 9.12. The number of halogens is 4. The molecule has 3 saturated heterocycles. The number of hydrogen-bond donors (Lipinski definition) is 1. The molecule has 2 aromatic carbocycles. The SMILES string of the molecule is N#Cc1c(N)sc2c(F)ccc(-c3c(Cl)cc4c(N5CCCC(=O)CC5)nc(OC[C@@]56CCCN5C[C@H](F)C6)nc4c3F)c12. The fourth-order valence-electron chi connectivity index (χ4n) is 7.04. The predicted octanol–water partition coefficient (Wildman–Crippen LogP) is 6.41. The molecule has 13 heteroatoms. The lowest BCUT2D eigenvalue weighted by molar-refractivity contribution is -0.118. The van der Waals surface area contributed by atoms with Gasteiger partial charge in [0.25, 0.3) is 0 Å². The van der Waals surface area contributed by atoms with Crippen LogP contribution in [0.2, 0.25) is 5.02 Å². The number of nitrogens with two attached hydrogens (primary N) is 1. The van der Waals surface area contributed by atoms with Gasteiger partial charge >= 0.3 is 6.01 Å². The molecular formula is C31H28ClF3N6O2S. The standard InChI is InChI=1S/C31H28ClF3N6O2S/c32-21-11-19-26(25(35)24(21)18-4-5-22(34)27-23(18)20(13-36)28(37)44-27)38-30(39-29(19)40-8-1-3-17(42)6-10-40)43-15-31-7-2-9-41(31)14-16(33)12-31/h4-5,11,16H,1-3,6-10,12,14-15,37H2/t16-,31+/m1/s1. The van der Waals surface area contributed by atoms with Gasteiger partial charge in [-0.15, -0.1) is 11.3 Å². The highest BCUT2D eigenvalue weighted by Crippen LogP contribution is 2.46. The second kappa shape index (κ2) is 11.1. The van der Waals surface area contributed by atoms with Gasteiger partial charge in [0.05, 0.1) is 20.8 Å². The Labute approximate surface area is 260 Å². The topological polar surface area (TPSA) is 108 Å². The largest absolute Gasteiger partial charge is 0.461 e. The Morgan fingerprint density at radius 3 is 2.86 bits per heavy atom. The zero-order chi connectivity index (χ0) is 30.7. The van der Waals surface area contributed by atoms with E-state index in [0.29, 0.717) is 56.5 Å². The molecule has 3 aliphatic rings. The number of rotatable bonds is 5. The van der Waals surface area contributed by atoms with Crippen molar-refractivity contribution in [1.82, 2.24) is 14.9 Å². The molecule has 228 valence electrons. The summed E-state index contributed by atoms with van der Waals surface area (Å²) in [5, 5.41) is 10.4. The maximum atomic E-state index is 16.8. The van der Waals surface area contributed by atoms with Gasteiger partial charge in [0.15, 0.2) is 5.82 Å². The molecule has 4 aromatic rings. The molecule has 0 radical (unpaired) electrons. The Balaban J connectivity index is 1.39. The van der Waals surface area contributed by atoms with Crippen LogP contribution in [0.4, 0.5) is 24.0 Å². The molecule has 0 bridgehead atoms. The summed E-state index contributed by atoms with van der Waals surface area (Å²) in [7, 11) is 0. The smallest absolute Gasteiger partial charge is 0.319 e. The number of nitriles is 1. The first kappa shape index (κ1) is 29.1. The van der Waals surface area contributed by atoms with E-state index in [1.165, 1.54) is 12.1 Å². The number of carbonyl (C=O) groups excluding carboxylic acids is 1. The lowest BCUT2D eigenvalue weighted by atomic mass is 9.95. The van der Waals surface area contributed by atoms with E-state index in [0.717, 1.165) is 30.7 Å². The highest BCUT2D eigenvalue weighted by atomic mass is 35.5. The maximum absolute atomic E-state index is 16.8. The number of anilines is 2. The first-order valence-electron chi connectivity index (χ1n) is 14.6. The van der Waals surface area contributed by atoms with Crippen LogP contribution in [0.1, 0.15) is 44.1 Å². The van der Waals surface area contributed by atoms with Crippen LogP contribution in [0.5, 0.6) is 6.01 Å². The van der Waals surface area contributed by atoms with Gasteiger partial charge in [0.2, 0.25) is 0 Å². The van der Waals surface area contributed by atoms with Gasteiger partial charge in [-0.1, -0.05) is 17.7 Å². The third kappa shape index (κ3) is 4.73. The van der Waals surface area contributed by atoms with E-state index in [2.05, 4.69) is 9.88 Å². The van der Waals surface area contributed by atoms with Crippen LogP contribution in [0.15, 0.2) is 18.2 Å². The second-order valence-corrected chi connectivity index (χ2v) is 13.2. The predicted molar refractivity (Wildman–Crippen MR) is 164 cm³/mol. The van der Waals surface area contributed by atoms with Crippen molar-refractivity contribution in [2.75, 3.05) is 43.4 Å². The van der Waals surface area contributed by atoms with E-state index >= 15 is 4.39 Å².